The molecule has 2 rings (SSSR count). The van der Waals surface area contributed by atoms with Crippen molar-refractivity contribution < 1.29 is 0 Å². The Balaban J connectivity index is 2.39. The molecule has 90 valence electrons. The van der Waals surface area contributed by atoms with Gasteiger partial charge in [-0.3, -0.25) is 0 Å². The summed E-state index contributed by atoms with van der Waals surface area (Å²) in [6, 6.07) is 7.63. The second-order valence-electron chi connectivity index (χ2n) is 3.70. The highest BCUT2D eigenvalue weighted by molar-refractivity contribution is 9.10. The normalized spacial score (nSPS) is 12.8. The number of hydrogen-bond donors (Lipinski definition) is 1. The van der Waals surface area contributed by atoms with E-state index >= 15 is 0 Å². The van der Waals surface area contributed by atoms with Crippen molar-refractivity contribution in [2.45, 2.75) is 13.0 Å². The van der Waals surface area contributed by atoms with Crippen LogP contribution in [-0.4, -0.2) is 0 Å². The minimum Gasteiger partial charge on any atom is -0.320 e. The van der Waals surface area contributed by atoms with Gasteiger partial charge in [0.15, 0.2) is 0 Å². The summed E-state index contributed by atoms with van der Waals surface area (Å²) in [4.78, 5) is 2.37. The topological polar surface area (TPSA) is 26.0 Å². The first kappa shape index (κ1) is 13.6. The molecule has 0 amide bonds. The molecule has 2 aromatic rings. The maximum absolute atomic E-state index is 6.27. The average molecular weight is 396 g/mol. The third-order valence-corrected chi connectivity index (χ3v) is 5.62. The van der Waals surface area contributed by atoms with Gasteiger partial charge in [0, 0.05) is 23.7 Å². The van der Waals surface area contributed by atoms with Crippen LogP contribution >= 0.6 is 54.8 Å². The van der Waals surface area contributed by atoms with Crippen LogP contribution in [0.15, 0.2) is 33.2 Å². The lowest BCUT2D eigenvalue weighted by molar-refractivity contribution is 0.887. The maximum atomic E-state index is 6.27. The van der Waals surface area contributed by atoms with Gasteiger partial charge in [-0.15, -0.1) is 11.3 Å². The zero-order valence-corrected chi connectivity index (χ0v) is 13.8. The van der Waals surface area contributed by atoms with Crippen LogP contribution < -0.4 is 5.73 Å². The molecule has 0 saturated carbocycles. The van der Waals surface area contributed by atoms with E-state index in [1.807, 2.05) is 18.2 Å². The summed E-state index contributed by atoms with van der Waals surface area (Å²) < 4.78 is 2.05. The van der Waals surface area contributed by atoms with E-state index in [0.29, 0.717) is 5.02 Å². The minimum atomic E-state index is -0.128. The van der Waals surface area contributed by atoms with Crippen molar-refractivity contribution in [1.29, 1.82) is 0 Å². The van der Waals surface area contributed by atoms with Gasteiger partial charge in [-0.1, -0.05) is 33.6 Å². The first-order valence-corrected chi connectivity index (χ1v) is 7.73. The molecule has 1 nitrogen and oxygen atoms in total. The number of thiophene rings is 1. The Morgan fingerprint density at radius 2 is 1.94 bits per heavy atom. The van der Waals surface area contributed by atoms with Crippen molar-refractivity contribution in [2.24, 2.45) is 5.73 Å². The molecule has 0 radical (unpaired) electrons. The molecule has 0 spiro atoms. The molecular weight excluding hydrogens is 385 g/mol. The van der Waals surface area contributed by atoms with E-state index in [-0.39, 0.29) is 6.04 Å². The fourth-order valence-corrected chi connectivity index (χ4v) is 4.05. The molecule has 0 aliphatic carbocycles. The quantitative estimate of drug-likeness (QED) is 0.735. The summed E-state index contributed by atoms with van der Waals surface area (Å²) in [5.41, 5.74) is 7.31. The summed E-state index contributed by atoms with van der Waals surface area (Å²) in [5, 5.41) is 0.705. The molecule has 1 heterocycles. The van der Waals surface area contributed by atoms with E-state index in [1.54, 1.807) is 11.3 Å². The van der Waals surface area contributed by atoms with Crippen molar-refractivity contribution in [3.63, 3.8) is 0 Å². The fourth-order valence-electron chi connectivity index (χ4n) is 1.54. The van der Waals surface area contributed by atoms with Crippen LogP contribution in [0, 0.1) is 6.92 Å². The summed E-state index contributed by atoms with van der Waals surface area (Å²) in [5.74, 6) is 0. The van der Waals surface area contributed by atoms with E-state index in [1.165, 1.54) is 4.88 Å². The smallest absolute Gasteiger partial charge is 0.0657 e. The Morgan fingerprint density at radius 3 is 2.47 bits per heavy atom. The summed E-state index contributed by atoms with van der Waals surface area (Å²) in [6.07, 6.45) is 0. The molecule has 17 heavy (non-hydrogen) atoms. The lowest BCUT2D eigenvalue weighted by Crippen LogP contribution is -2.10. The van der Waals surface area contributed by atoms with Crippen molar-refractivity contribution >= 4 is 54.8 Å². The number of benzene rings is 1. The van der Waals surface area contributed by atoms with Gasteiger partial charge in [0.05, 0.1) is 6.04 Å². The molecule has 2 N–H and O–H groups in total. The molecule has 1 atom stereocenters. The van der Waals surface area contributed by atoms with Crippen LogP contribution in [0.25, 0.3) is 0 Å². The maximum Gasteiger partial charge on any atom is 0.0657 e. The monoisotopic (exact) mass is 393 g/mol. The molecule has 0 bridgehead atoms. The zero-order chi connectivity index (χ0) is 12.6. The molecule has 5 heteroatoms. The number of halogens is 3. The van der Waals surface area contributed by atoms with Gasteiger partial charge in [0.25, 0.3) is 0 Å². The summed E-state index contributed by atoms with van der Waals surface area (Å²) in [7, 11) is 0. The van der Waals surface area contributed by atoms with Crippen LogP contribution in [0.1, 0.15) is 21.4 Å². The van der Waals surface area contributed by atoms with Gasteiger partial charge < -0.3 is 5.73 Å². The molecule has 0 aliphatic heterocycles. The van der Waals surface area contributed by atoms with Gasteiger partial charge >= 0.3 is 0 Å². The SMILES string of the molecule is Cc1sc(C(N)c2ccc(Cl)cc2Br)cc1Br. The highest BCUT2D eigenvalue weighted by atomic mass is 79.9. The van der Waals surface area contributed by atoms with Crippen molar-refractivity contribution in [2.75, 3.05) is 0 Å². The lowest BCUT2D eigenvalue weighted by atomic mass is 10.1. The Labute approximate surface area is 126 Å². The van der Waals surface area contributed by atoms with E-state index < -0.39 is 0 Å². The second-order valence-corrected chi connectivity index (χ2v) is 7.13. The van der Waals surface area contributed by atoms with E-state index in [0.717, 1.165) is 19.4 Å². The van der Waals surface area contributed by atoms with E-state index in [2.05, 4.69) is 44.8 Å². The molecular formula is C12H10Br2ClNS. The average Bonchev–Trinajstić information content (AvgIpc) is 2.58. The van der Waals surface area contributed by atoms with Crippen molar-refractivity contribution in [3.8, 4) is 0 Å². The Kier molecular flexibility index (Phi) is 4.31. The van der Waals surface area contributed by atoms with Crippen molar-refractivity contribution in [3.05, 3.63) is 53.6 Å². The number of hydrogen-bond acceptors (Lipinski definition) is 2. The van der Waals surface area contributed by atoms with Crippen LogP contribution in [0.2, 0.25) is 5.02 Å². The minimum absolute atomic E-state index is 0.128. The van der Waals surface area contributed by atoms with Crippen LogP contribution in [-0.2, 0) is 0 Å². The number of nitrogens with two attached hydrogens (primary N) is 1. The largest absolute Gasteiger partial charge is 0.320 e. The molecule has 0 saturated heterocycles. The first-order valence-electron chi connectivity index (χ1n) is 4.95. The van der Waals surface area contributed by atoms with Crippen molar-refractivity contribution in [1.82, 2.24) is 0 Å². The first-order chi connectivity index (χ1) is 7.99. The molecule has 0 fully saturated rings. The highest BCUT2D eigenvalue weighted by Gasteiger charge is 2.15. The van der Waals surface area contributed by atoms with Crippen LogP contribution in [0.5, 0.6) is 0 Å². The lowest BCUT2D eigenvalue weighted by Gasteiger charge is -2.12. The van der Waals surface area contributed by atoms with Gasteiger partial charge in [-0.2, -0.15) is 0 Å². The number of aryl methyl sites for hydroxylation is 1. The van der Waals surface area contributed by atoms with Gasteiger partial charge in [0.2, 0.25) is 0 Å². The van der Waals surface area contributed by atoms with Gasteiger partial charge in [-0.25, -0.2) is 0 Å². The third kappa shape index (κ3) is 2.93. The van der Waals surface area contributed by atoms with E-state index in [4.69, 9.17) is 17.3 Å². The Bertz CT molecular complexity index is 534. The molecule has 0 aliphatic rings. The van der Waals surface area contributed by atoms with Crippen LogP contribution in [0.3, 0.4) is 0 Å². The standard InChI is InChI=1S/C12H10Br2ClNS/c1-6-9(13)5-11(17-6)12(16)8-3-2-7(15)4-10(8)14/h2-5,12H,16H2,1H3. The Morgan fingerprint density at radius 1 is 1.24 bits per heavy atom. The molecule has 1 aromatic heterocycles. The second kappa shape index (κ2) is 5.41. The predicted octanol–water partition coefficient (Wildman–Crippen LogP) is 5.28. The zero-order valence-electron chi connectivity index (χ0n) is 9.01. The van der Waals surface area contributed by atoms with Gasteiger partial charge in [-0.05, 0) is 46.6 Å². The third-order valence-electron chi connectivity index (χ3n) is 2.48. The van der Waals surface area contributed by atoms with Gasteiger partial charge in [0.1, 0.15) is 0 Å². The summed E-state index contributed by atoms with van der Waals surface area (Å²) in [6.45, 7) is 2.07. The fraction of sp³-hybridized carbons (Fsp3) is 0.167. The highest BCUT2D eigenvalue weighted by Crippen LogP contribution is 2.35. The van der Waals surface area contributed by atoms with E-state index in [9.17, 15) is 0 Å². The van der Waals surface area contributed by atoms with Crippen LogP contribution in [0.4, 0.5) is 0 Å². The molecule has 1 unspecified atom stereocenters. The molecule has 1 aromatic carbocycles. The number of rotatable bonds is 2. The Hall–Kier alpha value is 0.130. The summed E-state index contributed by atoms with van der Waals surface area (Å²) >= 11 is 14.6. The predicted molar refractivity (Wildman–Crippen MR) is 81.9 cm³/mol.